The summed E-state index contributed by atoms with van der Waals surface area (Å²) in [5.74, 6) is 1.66. The largest absolute Gasteiger partial charge is 0.365 e. The summed E-state index contributed by atoms with van der Waals surface area (Å²) in [6.45, 7) is 3.26. The van der Waals surface area contributed by atoms with E-state index >= 15 is 0 Å². The van der Waals surface area contributed by atoms with E-state index in [9.17, 15) is 4.79 Å². The van der Waals surface area contributed by atoms with Crippen LogP contribution in [0.5, 0.6) is 0 Å². The van der Waals surface area contributed by atoms with Crippen molar-refractivity contribution in [3.05, 3.63) is 30.3 Å². The molecule has 1 aliphatic heterocycles. The minimum Gasteiger partial charge on any atom is -0.365 e. The SMILES string of the molecule is O=C(C1CCC1)N1CCN(c2nn3c(NC4CCCC4)c(-c4ccccc4)nc3s2)CC1. The van der Waals surface area contributed by atoms with E-state index in [1.807, 2.05) is 10.6 Å². The van der Waals surface area contributed by atoms with Crippen molar-refractivity contribution in [3.63, 3.8) is 0 Å². The summed E-state index contributed by atoms with van der Waals surface area (Å²) < 4.78 is 2.01. The predicted octanol–water partition coefficient (Wildman–Crippen LogP) is 4.26. The van der Waals surface area contributed by atoms with Crippen molar-refractivity contribution >= 4 is 33.2 Å². The minimum atomic E-state index is 0.283. The number of rotatable bonds is 5. The first-order valence-electron chi connectivity index (χ1n) is 12.0. The van der Waals surface area contributed by atoms with Gasteiger partial charge in [-0.3, -0.25) is 4.79 Å². The van der Waals surface area contributed by atoms with Crippen LogP contribution in [0.4, 0.5) is 10.9 Å². The molecule has 1 saturated heterocycles. The number of hydrogen-bond acceptors (Lipinski definition) is 6. The summed E-state index contributed by atoms with van der Waals surface area (Å²) >= 11 is 1.65. The Kier molecular flexibility index (Phi) is 5.25. The molecular formula is C24H30N6OS. The highest BCUT2D eigenvalue weighted by atomic mass is 32.1. The molecule has 1 aromatic carbocycles. The van der Waals surface area contributed by atoms with Gasteiger partial charge in [0.25, 0.3) is 0 Å². The second kappa shape index (κ2) is 8.39. The predicted molar refractivity (Wildman–Crippen MR) is 128 cm³/mol. The van der Waals surface area contributed by atoms with E-state index in [2.05, 4.69) is 39.4 Å². The molecule has 0 bridgehead atoms. The monoisotopic (exact) mass is 450 g/mol. The highest BCUT2D eigenvalue weighted by molar-refractivity contribution is 7.20. The Labute approximate surface area is 192 Å². The van der Waals surface area contributed by atoms with Gasteiger partial charge in [-0.2, -0.15) is 4.52 Å². The maximum atomic E-state index is 12.6. The number of fused-ring (bicyclic) bond motifs is 1. The molecule has 0 radical (unpaired) electrons. The zero-order valence-corrected chi connectivity index (χ0v) is 19.2. The van der Waals surface area contributed by atoms with Crippen LogP contribution in [0.15, 0.2) is 30.3 Å². The Morgan fingerprint density at radius 2 is 1.72 bits per heavy atom. The number of nitrogens with zero attached hydrogens (tertiary/aromatic N) is 5. The first-order valence-corrected chi connectivity index (χ1v) is 12.8. The van der Waals surface area contributed by atoms with Crippen molar-refractivity contribution in [2.45, 2.75) is 51.0 Å². The van der Waals surface area contributed by atoms with E-state index in [-0.39, 0.29) is 5.92 Å². The normalized spacial score (nSPS) is 20.1. The summed E-state index contributed by atoms with van der Waals surface area (Å²) in [6, 6.07) is 10.9. The van der Waals surface area contributed by atoms with Gasteiger partial charge < -0.3 is 15.1 Å². The average molecular weight is 451 g/mol. The standard InChI is InChI=1S/C24H30N6OS/c31-22(18-9-6-10-18)28-13-15-29(16-14-28)24-27-30-21(25-19-11-4-5-12-19)20(26-23(30)32-24)17-7-2-1-3-8-17/h1-3,7-8,18-19,25H,4-6,9-16H2. The van der Waals surface area contributed by atoms with Crippen LogP contribution < -0.4 is 10.2 Å². The zero-order chi connectivity index (χ0) is 21.5. The molecule has 7 nitrogen and oxygen atoms in total. The van der Waals surface area contributed by atoms with Crippen molar-refractivity contribution in [2.24, 2.45) is 5.92 Å². The number of anilines is 2. The molecule has 2 saturated carbocycles. The maximum Gasteiger partial charge on any atom is 0.225 e. The Bertz CT molecular complexity index is 1090. The molecule has 0 atom stereocenters. The highest BCUT2D eigenvalue weighted by Crippen LogP contribution is 2.35. The lowest BCUT2D eigenvalue weighted by Gasteiger charge is -2.38. The summed E-state index contributed by atoms with van der Waals surface area (Å²) in [7, 11) is 0. The molecule has 2 aliphatic carbocycles. The van der Waals surface area contributed by atoms with Gasteiger partial charge in [-0.25, -0.2) is 4.98 Å². The van der Waals surface area contributed by atoms with Gasteiger partial charge in [0, 0.05) is 43.7 Å². The third-order valence-corrected chi connectivity index (χ3v) is 8.22. The molecule has 32 heavy (non-hydrogen) atoms. The van der Waals surface area contributed by atoms with Gasteiger partial charge in [-0.1, -0.05) is 60.9 Å². The molecule has 6 rings (SSSR count). The van der Waals surface area contributed by atoms with E-state index in [4.69, 9.17) is 10.1 Å². The van der Waals surface area contributed by atoms with E-state index in [1.165, 1.54) is 32.1 Å². The van der Waals surface area contributed by atoms with Crippen molar-refractivity contribution in [2.75, 3.05) is 36.4 Å². The maximum absolute atomic E-state index is 12.6. The third kappa shape index (κ3) is 3.64. The molecule has 3 fully saturated rings. The fourth-order valence-electron chi connectivity index (χ4n) is 5.09. The summed E-state index contributed by atoms with van der Waals surface area (Å²) in [5.41, 5.74) is 2.11. The van der Waals surface area contributed by atoms with Gasteiger partial charge in [0.15, 0.2) is 5.82 Å². The van der Waals surface area contributed by atoms with Gasteiger partial charge in [0.2, 0.25) is 16.0 Å². The molecule has 1 N–H and O–H groups in total. The van der Waals surface area contributed by atoms with Crippen LogP contribution in [-0.4, -0.2) is 57.6 Å². The fraction of sp³-hybridized carbons (Fsp3) is 0.542. The molecule has 3 heterocycles. The number of aromatic nitrogens is 3. The summed E-state index contributed by atoms with van der Waals surface area (Å²) in [4.78, 5) is 22.9. The molecule has 3 aliphatic rings. The number of hydrogen-bond donors (Lipinski definition) is 1. The second-order valence-electron chi connectivity index (χ2n) is 9.32. The molecule has 3 aromatic rings. The molecular weight excluding hydrogens is 420 g/mol. The number of carbonyl (C=O) groups excluding carboxylic acids is 1. The van der Waals surface area contributed by atoms with E-state index in [0.717, 1.165) is 66.2 Å². The molecule has 0 unspecified atom stereocenters. The number of imidazole rings is 1. The number of benzene rings is 1. The van der Waals surface area contributed by atoms with Gasteiger partial charge >= 0.3 is 0 Å². The molecule has 2 aromatic heterocycles. The first kappa shape index (κ1) is 20.0. The van der Waals surface area contributed by atoms with Crippen LogP contribution in [0.2, 0.25) is 0 Å². The smallest absolute Gasteiger partial charge is 0.225 e. The quantitative estimate of drug-likeness (QED) is 0.629. The Hall–Kier alpha value is -2.61. The van der Waals surface area contributed by atoms with Gasteiger partial charge in [-0.15, -0.1) is 5.10 Å². The molecule has 0 spiro atoms. The number of piperazine rings is 1. The second-order valence-corrected chi connectivity index (χ2v) is 10.3. The van der Waals surface area contributed by atoms with Crippen molar-refractivity contribution in [1.82, 2.24) is 19.5 Å². The van der Waals surface area contributed by atoms with Crippen LogP contribution >= 0.6 is 11.3 Å². The number of carbonyl (C=O) groups is 1. The minimum absolute atomic E-state index is 0.283. The Balaban J connectivity index is 1.25. The van der Waals surface area contributed by atoms with Crippen LogP contribution in [0.1, 0.15) is 44.9 Å². The number of nitrogens with one attached hydrogen (secondary N) is 1. The van der Waals surface area contributed by atoms with E-state index in [1.54, 1.807) is 11.3 Å². The lowest BCUT2D eigenvalue weighted by Crippen LogP contribution is -2.51. The lowest BCUT2D eigenvalue weighted by atomic mass is 9.84. The Morgan fingerprint density at radius 1 is 0.969 bits per heavy atom. The van der Waals surface area contributed by atoms with Crippen molar-refractivity contribution < 1.29 is 4.79 Å². The van der Waals surface area contributed by atoms with Gasteiger partial charge in [0.1, 0.15) is 5.69 Å². The first-order chi connectivity index (χ1) is 15.8. The summed E-state index contributed by atoms with van der Waals surface area (Å²) in [6.07, 6.45) is 8.33. The topological polar surface area (TPSA) is 65.8 Å². The van der Waals surface area contributed by atoms with Crippen LogP contribution in [0, 0.1) is 5.92 Å². The van der Waals surface area contributed by atoms with Crippen LogP contribution in [-0.2, 0) is 4.79 Å². The van der Waals surface area contributed by atoms with E-state index < -0.39 is 0 Å². The average Bonchev–Trinajstić information content (AvgIpc) is 3.51. The zero-order valence-electron chi connectivity index (χ0n) is 18.4. The highest BCUT2D eigenvalue weighted by Gasteiger charge is 2.32. The van der Waals surface area contributed by atoms with Gasteiger partial charge in [-0.05, 0) is 25.7 Å². The van der Waals surface area contributed by atoms with Crippen molar-refractivity contribution in [1.29, 1.82) is 0 Å². The molecule has 168 valence electrons. The summed E-state index contributed by atoms with van der Waals surface area (Å²) in [5, 5.41) is 9.75. The van der Waals surface area contributed by atoms with Crippen LogP contribution in [0.3, 0.4) is 0 Å². The number of amides is 1. The molecule has 1 amide bonds. The lowest BCUT2D eigenvalue weighted by molar-refractivity contribution is -0.138. The molecule has 8 heteroatoms. The fourth-order valence-corrected chi connectivity index (χ4v) is 6.04. The van der Waals surface area contributed by atoms with Crippen LogP contribution in [0.25, 0.3) is 16.2 Å². The van der Waals surface area contributed by atoms with Gasteiger partial charge in [0.05, 0.1) is 0 Å². The Morgan fingerprint density at radius 3 is 2.41 bits per heavy atom. The van der Waals surface area contributed by atoms with Crippen molar-refractivity contribution in [3.8, 4) is 11.3 Å². The third-order valence-electron chi connectivity index (χ3n) is 7.25. The van der Waals surface area contributed by atoms with E-state index in [0.29, 0.717) is 11.9 Å².